The van der Waals surface area contributed by atoms with Crippen molar-refractivity contribution in [2.45, 2.75) is 19.9 Å². The number of benzene rings is 2. The van der Waals surface area contributed by atoms with E-state index in [1.54, 1.807) is 49.6 Å². The molecule has 1 heterocycles. The Morgan fingerprint density at radius 1 is 1.06 bits per heavy atom. The van der Waals surface area contributed by atoms with Crippen LogP contribution in [0.3, 0.4) is 0 Å². The lowest BCUT2D eigenvalue weighted by molar-refractivity contribution is -0.140. The minimum atomic E-state index is -0.729. The average Bonchev–Trinajstić information content (AvgIpc) is 3.02. The van der Waals surface area contributed by atoms with Crippen LogP contribution in [0.15, 0.2) is 48.0 Å². The number of rotatable bonds is 8. The van der Waals surface area contributed by atoms with Crippen LogP contribution in [-0.2, 0) is 14.3 Å². The average molecular weight is 425 g/mol. The largest absolute Gasteiger partial charge is 0.507 e. The lowest BCUT2D eigenvalue weighted by Crippen LogP contribution is -2.32. The van der Waals surface area contributed by atoms with Crippen molar-refractivity contribution < 1.29 is 28.9 Å². The predicted molar refractivity (Wildman–Crippen MR) is 116 cm³/mol. The number of ether oxygens (including phenoxy) is 3. The molecule has 1 aliphatic rings. The van der Waals surface area contributed by atoms with Crippen LogP contribution >= 0.6 is 0 Å². The first-order valence-electron chi connectivity index (χ1n) is 10.1. The van der Waals surface area contributed by atoms with Crippen molar-refractivity contribution in [1.29, 1.82) is 0 Å². The lowest BCUT2D eigenvalue weighted by Gasteiger charge is -2.25. The number of nitrogens with zero attached hydrogens (tertiary/aromatic N) is 1. The van der Waals surface area contributed by atoms with Crippen LogP contribution in [-0.4, -0.2) is 55.7 Å². The Labute approximate surface area is 181 Å². The SMILES string of the molecule is CCOc1ccc(C2/C(=C(\O)c3ccc(OC)cc3C)C(=O)C(=O)N2CCOC)cc1. The fraction of sp³-hybridized carbons (Fsp3) is 0.333. The standard InChI is InChI=1S/C24H27NO6/c1-5-31-17-8-6-16(7-9-17)21-20(23(27)24(28)25(21)12-13-29-3)22(26)19-11-10-18(30-4)14-15(19)2/h6-11,14,21,26H,5,12-13H2,1-4H3/b22-20+. The Morgan fingerprint density at radius 3 is 2.32 bits per heavy atom. The molecule has 3 rings (SSSR count). The molecule has 1 N–H and O–H groups in total. The van der Waals surface area contributed by atoms with Crippen molar-refractivity contribution in [3.05, 3.63) is 64.7 Å². The van der Waals surface area contributed by atoms with Gasteiger partial charge >= 0.3 is 0 Å². The molecule has 1 aliphatic heterocycles. The molecule has 0 spiro atoms. The van der Waals surface area contributed by atoms with E-state index in [9.17, 15) is 14.7 Å². The molecule has 0 aromatic heterocycles. The van der Waals surface area contributed by atoms with Crippen LogP contribution in [0.1, 0.15) is 29.7 Å². The van der Waals surface area contributed by atoms with Gasteiger partial charge in [0.05, 0.1) is 31.9 Å². The Hall–Kier alpha value is -3.32. The fourth-order valence-corrected chi connectivity index (χ4v) is 3.73. The van der Waals surface area contributed by atoms with Crippen LogP contribution in [0.4, 0.5) is 0 Å². The van der Waals surface area contributed by atoms with E-state index in [0.717, 1.165) is 5.56 Å². The van der Waals surface area contributed by atoms with Crippen molar-refractivity contribution >= 4 is 17.4 Å². The van der Waals surface area contributed by atoms with E-state index in [2.05, 4.69) is 0 Å². The van der Waals surface area contributed by atoms with Crippen LogP contribution in [0.25, 0.3) is 5.76 Å². The molecule has 1 amide bonds. The Morgan fingerprint density at radius 2 is 1.74 bits per heavy atom. The Bertz CT molecular complexity index is 996. The van der Waals surface area contributed by atoms with Gasteiger partial charge in [-0.1, -0.05) is 12.1 Å². The highest BCUT2D eigenvalue weighted by molar-refractivity contribution is 6.46. The van der Waals surface area contributed by atoms with Gasteiger partial charge in [0.1, 0.15) is 17.3 Å². The van der Waals surface area contributed by atoms with Crippen molar-refractivity contribution in [3.63, 3.8) is 0 Å². The maximum atomic E-state index is 13.0. The minimum Gasteiger partial charge on any atom is -0.507 e. The fourth-order valence-electron chi connectivity index (χ4n) is 3.73. The second kappa shape index (κ2) is 9.66. The number of hydrogen-bond acceptors (Lipinski definition) is 6. The summed E-state index contributed by atoms with van der Waals surface area (Å²) in [5, 5.41) is 11.1. The molecule has 0 aliphatic carbocycles. The maximum Gasteiger partial charge on any atom is 0.295 e. The van der Waals surface area contributed by atoms with Crippen molar-refractivity contribution in [2.75, 3.05) is 34.0 Å². The van der Waals surface area contributed by atoms with Crippen molar-refractivity contribution in [3.8, 4) is 11.5 Å². The molecule has 164 valence electrons. The Balaban J connectivity index is 2.13. The van der Waals surface area contributed by atoms with Gasteiger partial charge in [0, 0.05) is 19.2 Å². The number of likely N-dealkylation sites (tertiary alicyclic amines) is 1. The van der Waals surface area contributed by atoms with Crippen molar-refractivity contribution in [1.82, 2.24) is 4.90 Å². The lowest BCUT2D eigenvalue weighted by atomic mass is 9.94. The summed E-state index contributed by atoms with van der Waals surface area (Å²) in [7, 11) is 3.09. The Kier molecular flexibility index (Phi) is 6.97. The van der Waals surface area contributed by atoms with Crippen LogP contribution in [0.2, 0.25) is 0 Å². The van der Waals surface area contributed by atoms with E-state index in [1.165, 1.54) is 12.0 Å². The number of hydrogen-bond donors (Lipinski definition) is 1. The van der Waals surface area contributed by atoms with Gasteiger partial charge in [-0.05, 0) is 55.3 Å². The summed E-state index contributed by atoms with van der Waals surface area (Å²) in [6.45, 7) is 4.72. The molecule has 7 heteroatoms. The molecule has 1 unspecified atom stereocenters. The second-order valence-electron chi connectivity index (χ2n) is 7.17. The van der Waals surface area contributed by atoms with Crippen molar-refractivity contribution in [2.24, 2.45) is 0 Å². The summed E-state index contributed by atoms with van der Waals surface area (Å²) < 4.78 is 15.9. The van der Waals surface area contributed by atoms with E-state index < -0.39 is 17.7 Å². The molecule has 0 radical (unpaired) electrons. The summed E-state index contributed by atoms with van der Waals surface area (Å²) in [6, 6.07) is 11.6. The zero-order chi connectivity index (χ0) is 22.5. The van der Waals surface area contributed by atoms with Crippen LogP contribution in [0.5, 0.6) is 11.5 Å². The molecule has 0 bridgehead atoms. The number of aryl methyl sites for hydroxylation is 1. The first-order valence-corrected chi connectivity index (χ1v) is 10.1. The molecular weight excluding hydrogens is 398 g/mol. The first-order chi connectivity index (χ1) is 14.9. The molecule has 1 saturated heterocycles. The van der Waals surface area contributed by atoms with Gasteiger partial charge in [-0.2, -0.15) is 0 Å². The molecule has 31 heavy (non-hydrogen) atoms. The van der Waals surface area contributed by atoms with E-state index in [1.807, 2.05) is 13.8 Å². The van der Waals surface area contributed by atoms with Gasteiger partial charge in [-0.25, -0.2) is 0 Å². The highest BCUT2D eigenvalue weighted by atomic mass is 16.5. The molecule has 2 aromatic rings. The predicted octanol–water partition coefficient (Wildman–Crippen LogP) is 3.47. The monoisotopic (exact) mass is 425 g/mol. The van der Waals surface area contributed by atoms with Gasteiger partial charge in [-0.15, -0.1) is 0 Å². The van der Waals surface area contributed by atoms with Gasteiger partial charge in [0.2, 0.25) is 0 Å². The van der Waals surface area contributed by atoms with Crippen LogP contribution in [0, 0.1) is 6.92 Å². The second-order valence-corrected chi connectivity index (χ2v) is 7.17. The third-order valence-corrected chi connectivity index (χ3v) is 5.27. The molecule has 0 saturated carbocycles. The zero-order valence-electron chi connectivity index (χ0n) is 18.2. The number of amides is 1. The third-order valence-electron chi connectivity index (χ3n) is 5.27. The maximum absolute atomic E-state index is 13.0. The van der Waals surface area contributed by atoms with E-state index >= 15 is 0 Å². The number of carbonyl (C=O) groups is 2. The minimum absolute atomic E-state index is 0.0542. The highest BCUT2D eigenvalue weighted by Gasteiger charge is 2.46. The zero-order valence-corrected chi connectivity index (χ0v) is 18.2. The number of carbonyl (C=O) groups excluding carboxylic acids is 2. The highest BCUT2D eigenvalue weighted by Crippen LogP contribution is 2.40. The molecular formula is C24H27NO6. The number of aliphatic hydroxyl groups excluding tert-OH is 1. The molecule has 7 nitrogen and oxygen atoms in total. The van der Waals surface area contributed by atoms with Gasteiger partial charge < -0.3 is 24.2 Å². The summed E-state index contributed by atoms with van der Waals surface area (Å²) in [6.07, 6.45) is 0. The summed E-state index contributed by atoms with van der Waals surface area (Å²) >= 11 is 0. The normalized spacial score (nSPS) is 17.8. The summed E-state index contributed by atoms with van der Waals surface area (Å²) in [4.78, 5) is 27.2. The smallest absolute Gasteiger partial charge is 0.295 e. The molecule has 2 aromatic carbocycles. The van der Waals surface area contributed by atoms with Gasteiger partial charge in [0.25, 0.3) is 11.7 Å². The third kappa shape index (κ3) is 4.41. The van der Waals surface area contributed by atoms with Gasteiger partial charge in [0.15, 0.2) is 0 Å². The summed E-state index contributed by atoms with van der Waals surface area (Å²) in [5.74, 6) is -0.271. The first kappa shape index (κ1) is 22.4. The number of Topliss-reactive ketones (excluding diaryl/α,β-unsaturated/α-hetero) is 1. The topological polar surface area (TPSA) is 85.3 Å². The van der Waals surface area contributed by atoms with Gasteiger partial charge in [-0.3, -0.25) is 9.59 Å². The van der Waals surface area contributed by atoms with Crippen LogP contribution < -0.4 is 9.47 Å². The quantitative estimate of drug-likeness (QED) is 0.396. The van der Waals surface area contributed by atoms with E-state index in [-0.39, 0.29) is 24.5 Å². The summed E-state index contributed by atoms with van der Waals surface area (Å²) in [5.41, 5.74) is 1.96. The van der Waals surface area contributed by atoms with E-state index in [4.69, 9.17) is 14.2 Å². The number of aliphatic hydroxyl groups is 1. The number of ketones is 1. The number of methoxy groups -OCH3 is 2. The molecule has 1 atom stereocenters. The van der Waals surface area contributed by atoms with E-state index in [0.29, 0.717) is 29.2 Å². The molecule has 1 fully saturated rings.